The molecule has 0 unspecified atom stereocenters. The van der Waals surface area contributed by atoms with Gasteiger partial charge in [0.25, 0.3) is 0 Å². The van der Waals surface area contributed by atoms with Crippen LogP contribution in [0.25, 0.3) is 0 Å². The molecule has 0 spiro atoms. The lowest BCUT2D eigenvalue weighted by Crippen LogP contribution is -2.54. The zero-order valence-corrected chi connectivity index (χ0v) is 11.4. The highest BCUT2D eigenvalue weighted by Crippen LogP contribution is 2.28. The molecule has 0 N–H and O–H groups in total. The topological polar surface area (TPSA) is 21.7 Å². The second kappa shape index (κ2) is 6.63. The molecule has 1 aliphatic rings. The summed E-state index contributed by atoms with van der Waals surface area (Å²) in [6.07, 6.45) is 3.75. The zero-order valence-electron chi connectivity index (χ0n) is 10.4. The van der Waals surface area contributed by atoms with Crippen molar-refractivity contribution in [2.24, 2.45) is 0 Å². The van der Waals surface area contributed by atoms with E-state index in [0.29, 0.717) is 0 Å². The van der Waals surface area contributed by atoms with Crippen molar-refractivity contribution in [1.82, 2.24) is 4.57 Å². The standard InChI is InChI=1S/C11H25NO2Si/c1-4-7-9-12-10-8-11-15(12,13-5-2)14-6-3/h4-11H2,1-3H3. The fourth-order valence-corrected chi connectivity index (χ4v) is 5.83. The van der Waals surface area contributed by atoms with Crippen LogP contribution >= 0.6 is 0 Å². The summed E-state index contributed by atoms with van der Waals surface area (Å²) in [6, 6.07) is 1.15. The maximum Gasteiger partial charge on any atom is 0.427 e. The molecule has 0 bridgehead atoms. The van der Waals surface area contributed by atoms with Gasteiger partial charge in [-0.15, -0.1) is 0 Å². The van der Waals surface area contributed by atoms with E-state index in [0.717, 1.165) is 25.8 Å². The molecule has 0 atom stereocenters. The SMILES string of the molecule is CCCCN1CCC[Si]1(OCC)OCC. The first-order valence-corrected chi connectivity index (χ1v) is 8.29. The molecule has 3 nitrogen and oxygen atoms in total. The lowest BCUT2D eigenvalue weighted by Gasteiger charge is -2.33. The van der Waals surface area contributed by atoms with Crippen molar-refractivity contribution in [1.29, 1.82) is 0 Å². The monoisotopic (exact) mass is 231 g/mol. The lowest BCUT2D eigenvalue weighted by atomic mass is 10.3. The van der Waals surface area contributed by atoms with Crippen LogP contribution in [0.15, 0.2) is 0 Å². The van der Waals surface area contributed by atoms with Gasteiger partial charge in [0.2, 0.25) is 0 Å². The molecule has 4 heteroatoms. The molecular weight excluding hydrogens is 206 g/mol. The number of hydrogen-bond acceptors (Lipinski definition) is 3. The summed E-state index contributed by atoms with van der Waals surface area (Å²) in [4.78, 5) is 0. The number of rotatable bonds is 7. The number of nitrogens with zero attached hydrogens (tertiary/aromatic N) is 1. The van der Waals surface area contributed by atoms with Gasteiger partial charge in [-0.05, 0) is 39.8 Å². The third kappa shape index (κ3) is 3.28. The Morgan fingerprint density at radius 3 is 2.33 bits per heavy atom. The second-order valence-corrected chi connectivity index (χ2v) is 7.16. The maximum atomic E-state index is 5.98. The molecule has 15 heavy (non-hydrogen) atoms. The van der Waals surface area contributed by atoms with Crippen LogP contribution < -0.4 is 0 Å². The Morgan fingerprint density at radius 1 is 1.13 bits per heavy atom. The van der Waals surface area contributed by atoms with Gasteiger partial charge >= 0.3 is 8.72 Å². The minimum absolute atomic E-state index is 0.787. The first kappa shape index (κ1) is 13.2. The predicted molar refractivity (Wildman–Crippen MR) is 64.9 cm³/mol. The van der Waals surface area contributed by atoms with Crippen LogP contribution in [0.4, 0.5) is 0 Å². The Bertz CT molecular complexity index is 172. The maximum absolute atomic E-state index is 5.98. The first-order chi connectivity index (χ1) is 7.29. The van der Waals surface area contributed by atoms with Gasteiger partial charge in [-0.1, -0.05) is 13.3 Å². The van der Waals surface area contributed by atoms with Crippen LogP contribution in [-0.4, -0.2) is 39.6 Å². The normalized spacial score (nSPS) is 21.0. The molecule has 0 amide bonds. The lowest BCUT2D eigenvalue weighted by molar-refractivity contribution is 0.136. The first-order valence-electron chi connectivity index (χ1n) is 6.32. The molecule has 0 aromatic rings. The highest BCUT2D eigenvalue weighted by molar-refractivity contribution is 6.65. The second-order valence-electron chi connectivity index (χ2n) is 4.02. The minimum Gasteiger partial charge on any atom is -0.383 e. The average Bonchev–Trinajstić information content (AvgIpc) is 2.59. The molecule has 0 saturated carbocycles. The Hall–Kier alpha value is 0.0969. The van der Waals surface area contributed by atoms with E-state index in [1.54, 1.807) is 0 Å². The van der Waals surface area contributed by atoms with E-state index in [-0.39, 0.29) is 0 Å². The third-order valence-electron chi connectivity index (χ3n) is 2.92. The van der Waals surface area contributed by atoms with Gasteiger partial charge in [0.1, 0.15) is 0 Å². The summed E-state index contributed by atoms with van der Waals surface area (Å²) in [5.74, 6) is 0. The van der Waals surface area contributed by atoms with Crippen LogP contribution in [0, 0.1) is 0 Å². The Morgan fingerprint density at radius 2 is 1.80 bits per heavy atom. The summed E-state index contributed by atoms with van der Waals surface area (Å²) in [5, 5.41) is 0. The predicted octanol–water partition coefficient (Wildman–Crippen LogP) is 2.50. The quantitative estimate of drug-likeness (QED) is 0.628. The van der Waals surface area contributed by atoms with E-state index in [4.69, 9.17) is 8.85 Å². The average molecular weight is 231 g/mol. The van der Waals surface area contributed by atoms with Crippen LogP contribution in [0.3, 0.4) is 0 Å². The summed E-state index contributed by atoms with van der Waals surface area (Å²) < 4.78 is 14.5. The van der Waals surface area contributed by atoms with Gasteiger partial charge in [0.15, 0.2) is 0 Å². The Balaban J connectivity index is 2.57. The van der Waals surface area contributed by atoms with Crippen LogP contribution in [0.2, 0.25) is 6.04 Å². The van der Waals surface area contributed by atoms with Crippen molar-refractivity contribution in [2.75, 3.05) is 26.3 Å². The van der Waals surface area contributed by atoms with E-state index >= 15 is 0 Å². The van der Waals surface area contributed by atoms with E-state index in [1.807, 2.05) is 0 Å². The van der Waals surface area contributed by atoms with Crippen molar-refractivity contribution >= 4 is 8.72 Å². The van der Waals surface area contributed by atoms with Crippen LogP contribution in [0.1, 0.15) is 40.0 Å². The summed E-state index contributed by atoms with van der Waals surface area (Å²) >= 11 is 0. The third-order valence-corrected chi connectivity index (χ3v) is 6.80. The smallest absolute Gasteiger partial charge is 0.383 e. The van der Waals surface area contributed by atoms with Crippen molar-refractivity contribution in [3.8, 4) is 0 Å². The fraction of sp³-hybridized carbons (Fsp3) is 1.00. The largest absolute Gasteiger partial charge is 0.427 e. The number of unbranched alkanes of at least 4 members (excludes halogenated alkanes) is 1. The van der Waals surface area contributed by atoms with Crippen LogP contribution in [-0.2, 0) is 8.85 Å². The van der Waals surface area contributed by atoms with Gasteiger partial charge in [0, 0.05) is 19.3 Å². The zero-order chi connectivity index (χ0) is 11.1. The van der Waals surface area contributed by atoms with Crippen molar-refractivity contribution < 1.29 is 8.85 Å². The summed E-state index contributed by atoms with van der Waals surface area (Å²) in [6.45, 7) is 10.3. The van der Waals surface area contributed by atoms with E-state index in [1.165, 1.54) is 25.8 Å². The molecule has 0 radical (unpaired) electrons. The van der Waals surface area contributed by atoms with E-state index < -0.39 is 8.72 Å². The van der Waals surface area contributed by atoms with Crippen molar-refractivity contribution in [3.63, 3.8) is 0 Å². The highest BCUT2D eigenvalue weighted by atomic mass is 28.4. The number of hydrogen-bond donors (Lipinski definition) is 0. The fourth-order valence-electron chi connectivity index (χ4n) is 2.27. The molecule has 1 aliphatic heterocycles. The van der Waals surface area contributed by atoms with Crippen molar-refractivity contribution in [3.05, 3.63) is 0 Å². The van der Waals surface area contributed by atoms with Crippen LogP contribution in [0.5, 0.6) is 0 Å². The summed E-state index contributed by atoms with van der Waals surface area (Å²) in [5.41, 5.74) is 0. The van der Waals surface area contributed by atoms with E-state index in [2.05, 4.69) is 25.3 Å². The van der Waals surface area contributed by atoms with Crippen molar-refractivity contribution in [2.45, 2.75) is 46.1 Å². The molecule has 1 saturated heterocycles. The van der Waals surface area contributed by atoms with E-state index in [9.17, 15) is 0 Å². The molecule has 0 aliphatic carbocycles. The highest BCUT2D eigenvalue weighted by Gasteiger charge is 2.47. The molecule has 1 fully saturated rings. The molecule has 0 aromatic heterocycles. The van der Waals surface area contributed by atoms with Gasteiger partial charge in [0.05, 0.1) is 0 Å². The van der Waals surface area contributed by atoms with Gasteiger partial charge in [-0.2, -0.15) is 0 Å². The van der Waals surface area contributed by atoms with Gasteiger partial charge < -0.3 is 8.85 Å². The molecular formula is C11H25NO2Si. The molecule has 1 rings (SSSR count). The molecule has 90 valence electrons. The molecule has 0 aromatic carbocycles. The van der Waals surface area contributed by atoms with Gasteiger partial charge in [-0.3, -0.25) is 4.57 Å². The Labute approximate surface area is 95.1 Å². The minimum atomic E-state index is -1.97. The summed E-state index contributed by atoms with van der Waals surface area (Å²) in [7, 11) is -1.97. The van der Waals surface area contributed by atoms with Gasteiger partial charge in [-0.25, -0.2) is 0 Å². The molecule has 1 heterocycles. The Kier molecular flexibility index (Phi) is 5.82.